The number of nitrogens with zero attached hydrogens (tertiary/aromatic N) is 3. The molecule has 1 saturated heterocycles. The Bertz CT molecular complexity index is 651. The molecule has 8 heteroatoms. The molecule has 6 nitrogen and oxygen atoms in total. The monoisotopic (exact) mass is 331 g/mol. The molecule has 1 aliphatic carbocycles. The van der Waals surface area contributed by atoms with Gasteiger partial charge in [-0.25, -0.2) is 8.42 Å². The Hall–Kier alpha value is -0.920. The van der Waals surface area contributed by atoms with Crippen molar-refractivity contribution in [2.45, 2.75) is 43.2 Å². The topological polar surface area (TPSA) is 72.3 Å². The summed E-state index contributed by atoms with van der Waals surface area (Å²) in [6.45, 7) is 0.443. The summed E-state index contributed by atoms with van der Waals surface area (Å²) in [5.74, 6) is 0.0347. The van der Waals surface area contributed by atoms with Crippen molar-refractivity contribution in [1.29, 1.82) is 0 Å². The fraction of sp³-hybridized carbons (Fsp3) is 0.692. The van der Waals surface area contributed by atoms with Gasteiger partial charge in [-0.1, -0.05) is 11.6 Å². The van der Waals surface area contributed by atoms with E-state index in [4.69, 9.17) is 11.6 Å². The Morgan fingerprint density at radius 2 is 2.10 bits per heavy atom. The quantitative estimate of drug-likeness (QED) is 0.843. The first kappa shape index (κ1) is 15.0. The van der Waals surface area contributed by atoms with Crippen LogP contribution in [0.25, 0.3) is 0 Å². The number of Topliss-reactive ketones (excluding diaryl/α,β-unsaturated/α-hetero) is 1. The van der Waals surface area contributed by atoms with Crippen molar-refractivity contribution in [2.75, 3.05) is 6.54 Å². The van der Waals surface area contributed by atoms with Crippen LogP contribution in [0.5, 0.6) is 0 Å². The molecule has 0 N–H and O–H groups in total. The van der Waals surface area contributed by atoms with Crippen molar-refractivity contribution >= 4 is 27.4 Å². The van der Waals surface area contributed by atoms with Crippen molar-refractivity contribution in [3.8, 4) is 0 Å². The van der Waals surface area contributed by atoms with Crippen molar-refractivity contribution in [2.24, 2.45) is 13.0 Å². The lowest BCUT2D eigenvalue weighted by molar-refractivity contribution is -0.121. The molecule has 3 rings (SSSR count). The van der Waals surface area contributed by atoms with Gasteiger partial charge in [-0.05, 0) is 25.7 Å². The molecule has 1 saturated carbocycles. The number of carbonyl (C=O) groups is 1. The van der Waals surface area contributed by atoms with Gasteiger partial charge in [0.25, 0.3) is 10.0 Å². The maximum absolute atomic E-state index is 12.9. The largest absolute Gasteiger partial charge is 0.299 e. The first-order chi connectivity index (χ1) is 9.93. The van der Waals surface area contributed by atoms with E-state index in [2.05, 4.69) is 5.10 Å². The lowest BCUT2D eigenvalue weighted by Gasteiger charge is -2.27. The number of aromatic nitrogens is 2. The number of hydrogen-bond acceptors (Lipinski definition) is 4. The number of halogens is 1. The highest BCUT2D eigenvalue weighted by molar-refractivity contribution is 7.89. The van der Waals surface area contributed by atoms with Crippen LogP contribution in [0.4, 0.5) is 0 Å². The third kappa shape index (κ3) is 2.41. The molecule has 1 aliphatic heterocycles. The maximum Gasteiger partial charge on any atom is 0.262 e. The second-order valence-corrected chi connectivity index (χ2v) is 7.92. The predicted octanol–water partition coefficient (Wildman–Crippen LogP) is 1.60. The molecular formula is C13H18ClN3O3S. The average Bonchev–Trinajstić information content (AvgIpc) is 3.09. The average molecular weight is 332 g/mol. The van der Waals surface area contributed by atoms with Gasteiger partial charge in [0.15, 0.2) is 5.03 Å². The zero-order valence-electron chi connectivity index (χ0n) is 11.8. The number of rotatable bonds is 3. The van der Waals surface area contributed by atoms with Crippen LogP contribution in [-0.4, -0.2) is 40.9 Å². The van der Waals surface area contributed by atoms with Crippen LogP contribution in [-0.2, 0) is 21.9 Å². The molecule has 21 heavy (non-hydrogen) atoms. The van der Waals surface area contributed by atoms with Crippen molar-refractivity contribution in [1.82, 2.24) is 14.1 Å². The van der Waals surface area contributed by atoms with Gasteiger partial charge in [0.2, 0.25) is 0 Å². The number of hydrogen-bond donors (Lipinski definition) is 0. The summed E-state index contributed by atoms with van der Waals surface area (Å²) >= 11 is 5.99. The Morgan fingerprint density at radius 1 is 1.33 bits per heavy atom. The molecule has 0 bridgehead atoms. The minimum Gasteiger partial charge on any atom is -0.299 e. The summed E-state index contributed by atoms with van der Waals surface area (Å²) in [7, 11) is -2.16. The van der Waals surface area contributed by atoms with Crippen LogP contribution in [0.2, 0.25) is 5.02 Å². The van der Waals surface area contributed by atoms with E-state index < -0.39 is 10.0 Å². The number of carbonyl (C=O) groups excluding carboxylic acids is 1. The number of ketones is 1. The van der Waals surface area contributed by atoms with Gasteiger partial charge in [-0.15, -0.1) is 0 Å². The summed E-state index contributed by atoms with van der Waals surface area (Å²) in [5, 5.41) is 4.04. The van der Waals surface area contributed by atoms with Gasteiger partial charge < -0.3 is 0 Å². The first-order valence-corrected chi connectivity index (χ1v) is 8.97. The summed E-state index contributed by atoms with van der Waals surface area (Å²) in [6, 6.07) is -0.226. The Kier molecular flexibility index (Phi) is 3.83. The van der Waals surface area contributed by atoms with Gasteiger partial charge in [0.1, 0.15) is 5.78 Å². The minimum atomic E-state index is -3.72. The highest BCUT2D eigenvalue weighted by atomic mass is 35.5. The molecular weight excluding hydrogens is 314 g/mol. The second kappa shape index (κ2) is 5.37. The summed E-state index contributed by atoms with van der Waals surface area (Å²) in [6.07, 6.45) is 5.07. The van der Waals surface area contributed by atoms with Gasteiger partial charge in [-0.2, -0.15) is 9.40 Å². The lowest BCUT2D eigenvalue weighted by Crippen LogP contribution is -2.42. The van der Waals surface area contributed by atoms with E-state index in [9.17, 15) is 13.2 Å². The normalized spacial score (nSPS) is 27.6. The summed E-state index contributed by atoms with van der Waals surface area (Å²) in [4.78, 5) is 12.0. The summed E-state index contributed by atoms with van der Waals surface area (Å²) < 4.78 is 28.5. The molecule has 2 atom stereocenters. The molecule has 2 unspecified atom stereocenters. The van der Waals surface area contributed by atoms with E-state index >= 15 is 0 Å². The van der Waals surface area contributed by atoms with E-state index in [1.165, 1.54) is 15.2 Å². The molecule has 0 spiro atoms. The van der Waals surface area contributed by atoms with Crippen molar-refractivity contribution in [3.05, 3.63) is 11.2 Å². The molecule has 2 fully saturated rings. The fourth-order valence-corrected chi connectivity index (χ4v) is 5.86. The van der Waals surface area contributed by atoms with Crippen LogP contribution in [0.3, 0.4) is 0 Å². The van der Waals surface area contributed by atoms with Crippen LogP contribution in [0, 0.1) is 5.92 Å². The van der Waals surface area contributed by atoms with E-state index in [-0.39, 0.29) is 27.8 Å². The molecule has 2 aliphatic rings. The van der Waals surface area contributed by atoms with Gasteiger partial charge in [-0.3, -0.25) is 9.48 Å². The lowest BCUT2D eigenvalue weighted by atomic mass is 9.96. The first-order valence-electron chi connectivity index (χ1n) is 7.15. The van der Waals surface area contributed by atoms with Gasteiger partial charge in [0, 0.05) is 32.0 Å². The predicted molar refractivity (Wildman–Crippen MR) is 77.5 cm³/mol. The van der Waals surface area contributed by atoms with Crippen molar-refractivity contribution in [3.63, 3.8) is 0 Å². The van der Waals surface area contributed by atoms with Crippen LogP contribution in [0.1, 0.15) is 32.1 Å². The third-order valence-electron chi connectivity index (χ3n) is 4.46. The smallest absolute Gasteiger partial charge is 0.262 e. The van der Waals surface area contributed by atoms with Gasteiger partial charge >= 0.3 is 0 Å². The number of sulfonamides is 1. The Balaban J connectivity index is 1.96. The van der Waals surface area contributed by atoms with Crippen LogP contribution >= 0.6 is 11.6 Å². The zero-order chi connectivity index (χ0) is 15.2. The molecule has 1 aromatic rings. The molecule has 2 heterocycles. The highest BCUT2D eigenvalue weighted by Gasteiger charge is 2.44. The van der Waals surface area contributed by atoms with Crippen LogP contribution in [0.15, 0.2) is 11.2 Å². The van der Waals surface area contributed by atoms with E-state index in [1.807, 2.05) is 0 Å². The molecule has 0 radical (unpaired) electrons. The maximum atomic E-state index is 12.9. The summed E-state index contributed by atoms with van der Waals surface area (Å²) in [5.41, 5.74) is 0. The minimum absolute atomic E-state index is 0.0153. The molecule has 1 aromatic heterocycles. The van der Waals surface area contributed by atoms with E-state index in [0.717, 1.165) is 25.7 Å². The van der Waals surface area contributed by atoms with Crippen molar-refractivity contribution < 1.29 is 13.2 Å². The zero-order valence-corrected chi connectivity index (χ0v) is 13.4. The Labute approximate surface area is 129 Å². The number of aryl methyl sites for hydroxylation is 1. The van der Waals surface area contributed by atoms with Gasteiger partial charge in [0.05, 0.1) is 11.2 Å². The standard InChI is InChI=1S/C13H18ClN3O3S/c1-16-13(10(14)8-15-16)21(19,20)17-7-3-5-11(17)9-4-2-6-12(9)18/h8-9,11H,2-7H2,1H3. The molecule has 116 valence electrons. The Morgan fingerprint density at radius 3 is 2.67 bits per heavy atom. The van der Waals surface area contributed by atoms with E-state index in [1.54, 1.807) is 7.05 Å². The van der Waals surface area contributed by atoms with E-state index in [0.29, 0.717) is 13.0 Å². The molecule has 0 amide bonds. The molecule has 0 aromatic carbocycles. The highest BCUT2D eigenvalue weighted by Crippen LogP contribution is 2.37. The SMILES string of the molecule is Cn1ncc(Cl)c1S(=O)(=O)N1CCCC1C1CCCC1=O. The fourth-order valence-electron chi connectivity index (χ4n) is 3.52. The third-order valence-corrected chi connectivity index (χ3v) is 6.89. The van der Waals surface area contributed by atoms with Crippen LogP contribution < -0.4 is 0 Å². The second-order valence-electron chi connectivity index (χ2n) is 5.71.